The fraction of sp³-hybridized carbons (Fsp3) is 0.308. The number of alkyl halides is 5. The van der Waals surface area contributed by atoms with E-state index in [9.17, 15) is 31.5 Å². The number of hydrogen-bond acceptors (Lipinski definition) is 4. The average molecular weight is 412 g/mol. The third-order valence-electron chi connectivity index (χ3n) is 3.70. The van der Waals surface area contributed by atoms with Crippen LogP contribution in [0.15, 0.2) is 33.8 Å². The number of para-hydroxylation sites is 1. The lowest BCUT2D eigenvalue weighted by molar-refractivity contribution is -0.250. The Bertz CT molecular complexity index is 764. The van der Waals surface area contributed by atoms with E-state index in [1.807, 2.05) is 5.43 Å². The molecule has 128 valence electrons. The summed E-state index contributed by atoms with van der Waals surface area (Å²) in [6, 6.07) is 4.34. The molecule has 3 rings (SSSR count). The van der Waals surface area contributed by atoms with Crippen molar-refractivity contribution in [3.05, 3.63) is 28.7 Å². The second-order valence-electron chi connectivity index (χ2n) is 5.12. The minimum Gasteiger partial charge on any atom is -0.296 e. The molecule has 0 radical (unpaired) electrons. The molecule has 1 saturated heterocycles. The molecule has 11 heteroatoms. The molecule has 2 heterocycles. The number of nitrogens with one attached hydrogen (secondary N) is 1. The normalized spacial score (nSPS) is 24.1. The predicted octanol–water partition coefficient (Wildman–Crippen LogP) is 2.46. The first kappa shape index (κ1) is 16.8. The number of imide groups is 1. The van der Waals surface area contributed by atoms with Crippen LogP contribution < -0.4 is 10.3 Å². The van der Waals surface area contributed by atoms with Crippen molar-refractivity contribution in [1.82, 2.24) is 5.43 Å². The third kappa shape index (κ3) is 2.21. The van der Waals surface area contributed by atoms with Crippen LogP contribution in [0.5, 0.6) is 0 Å². The highest BCUT2D eigenvalue weighted by atomic mass is 79.9. The van der Waals surface area contributed by atoms with Crippen LogP contribution in [-0.2, 0) is 9.59 Å². The van der Waals surface area contributed by atoms with Gasteiger partial charge in [0.05, 0.1) is 5.69 Å². The number of hydrazone groups is 1. The molecule has 2 aliphatic rings. The molecule has 2 amide bonds. The highest BCUT2D eigenvalue weighted by Crippen LogP contribution is 2.43. The standard InChI is InChI=1S/C13H7BrF5N3O2/c14-5-3-1-2-4-6(5)22-10(23)7-8(11(22)24)20-21-9(7)12(15,16)13(17,18)19/h1-4,7-8,20H/t7-,8-/m1/s1. The Morgan fingerprint density at radius 2 is 1.71 bits per heavy atom. The molecule has 0 aromatic heterocycles. The second kappa shape index (κ2) is 5.23. The number of hydrogen-bond donors (Lipinski definition) is 1. The average Bonchev–Trinajstić information content (AvgIpc) is 3.01. The van der Waals surface area contributed by atoms with Crippen molar-refractivity contribution in [2.45, 2.75) is 18.1 Å². The van der Waals surface area contributed by atoms with Gasteiger partial charge in [0.25, 0.3) is 5.91 Å². The predicted molar refractivity (Wildman–Crippen MR) is 75.5 cm³/mol. The fourth-order valence-electron chi connectivity index (χ4n) is 2.57. The maximum Gasteiger partial charge on any atom is 0.459 e. The largest absolute Gasteiger partial charge is 0.459 e. The van der Waals surface area contributed by atoms with Crippen molar-refractivity contribution in [3.63, 3.8) is 0 Å². The van der Waals surface area contributed by atoms with Crippen molar-refractivity contribution < 1.29 is 31.5 Å². The fourth-order valence-corrected chi connectivity index (χ4v) is 3.03. The first-order valence-corrected chi connectivity index (χ1v) is 7.27. The van der Waals surface area contributed by atoms with Gasteiger partial charge in [-0.25, -0.2) is 4.90 Å². The molecule has 2 atom stereocenters. The van der Waals surface area contributed by atoms with Gasteiger partial charge in [-0.1, -0.05) is 12.1 Å². The summed E-state index contributed by atoms with van der Waals surface area (Å²) in [6.07, 6.45) is -5.92. The first-order valence-electron chi connectivity index (χ1n) is 6.48. The molecule has 1 aromatic carbocycles. The number of rotatable bonds is 2. The summed E-state index contributed by atoms with van der Waals surface area (Å²) in [5, 5.41) is 2.93. The summed E-state index contributed by atoms with van der Waals surface area (Å²) in [5.41, 5.74) is 0.280. The summed E-state index contributed by atoms with van der Waals surface area (Å²) in [5.74, 6) is -9.47. The molecule has 1 N–H and O–H groups in total. The van der Waals surface area contributed by atoms with E-state index in [0.29, 0.717) is 9.37 Å². The zero-order chi connectivity index (χ0) is 17.9. The number of benzene rings is 1. The zero-order valence-corrected chi connectivity index (χ0v) is 13.0. The van der Waals surface area contributed by atoms with Crippen molar-refractivity contribution in [2.75, 3.05) is 4.90 Å². The molecule has 0 spiro atoms. The van der Waals surface area contributed by atoms with Crippen molar-refractivity contribution in [1.29, 1.82) is 0 Å². The van der Waals surface area contributed by atoms with Gasteiger partial charge < -0.3 is 0 Å². The molecule has 1 fully saturated rings. The van der Waals surface area contributed by atoms with E-state index in [0.717, 1.165) is 0 Å². The topological polar surface area (TPSA) is 61.8 Å². The minimum atomic E-state index is -5.92. The second-order valence-corrected chi connectivity index (χ2v) is 5.97. The van der Waals surface area contributed by atoms with E-state index in [2.05, 4.69) is 21.0 Å². The molecule has 2 aliphatic heterocycles. The van der Waals surface area contributed by atoms with E-state index in [-0.39, 0.29) is 5.69 Å². The summed E-state index contributed by atoms with van der Waals surface area (Å²) >= 11 is 3.10. The Balaban J connectivity index is 2.02. The molecule has 1 aromatic rings. The summed E-state index contributed by atoms with van der Waals surface area (Å²) in [4.78, 5) is 25.3. The molecular weight excluding hydrogens is 405 g/mol. The summed E-state index contributed by atoms with van der Waals surface area (Å²) in [6.45, 7) is 0. The summed E-state index contributed by atoms with van der Waals surface area (Å²) in [7, 11) is 0. The summed E-state index contributed by atoms with van der Waals surface area (Å²) < 4.78 is 65.2. The molecule has 5 nitrogen and oxygen atoms in total. The van der Waals surface area contributed by atoms with Crippen LogP contribution in [0.25, 0.3) is 0 Å². The first-order chi connectivity index (χ1) is 11.1. The quantitative estimate of drug-likeness (QED) is 0.600. The van der Waals surface area contributed by atoms with E-state index < -0.39 is 41.6 Å². The van der Waals surface area contributed by atoms with Crippen LogP contribution >= 0.6 is 15.9 Å². The molecule has 24 heavy (non-hydrogen) atoms. The van der Waals surface area contributed by atoms with Gasteiger partial charge in [0.15, 0.2) is 0 Å². The van der Waals surface area contributed by atoms with Crippen LogP contribution in [0.2, 0.25) is 0 Å². The van der Waals surface area contributed by atoms with Crippen LogP contribution in [0, 0.1) is 5.92 Å². The van der Waals surface area contributed by atoms with Crippen LogP contribution in [0.3, 0.4) is 0 Å². The lowest BCUT2D eigenvalue weighted by Gasteiger charge is -2.22. The molecule has 0 unspecified atom stereocenters. The minimum absolute atomic E-state index is 0.0541. The smallest absolute Gasteiger partial charge is 0.296 e. The Labute approximate surface area is 139 Å². The van der Waals surface area contributed by atoms with E-state index >= 15 is 0 Å². The number of carbonyl (C=O) groups is 2. The Morgan fingerprint density at radius 3 is 2.29 bits per heavy atom. The molecule has 0 saturated carbocycles. The SMILES string of the molecule is O=C1[C@H]2C(C(F)(F)C(F)(F)F)=NN[C@H]2C(=O)N1c1ccccc1Br. The number of nitrogens with zero attached hydrogens (tertiary/aromatic N) is 2. The molecular formula is C13H7BrF5N3O2. The Kier molecular flexibility index (Phi) is 3.66. The maximum absolute atomic E-state index is 13.6. The number of fused-ring (bicyclic) bond motifs is 1. The van der Waals surface area contributed by atoms with Gasteiger partial charge in [-0.15, -0.1) is 0 Å². The molecule has 0 aliphatic carbocycles. The Morgan fingerprint density at radius 1 is 1.08 bits per heavy atom. The third-order valence-corrected chi connectivity index (χ3v) is 4.37. The highest BCUT2D eigenvalue weighted by Gasteiger charge is 2.68. The zero-order valence-electron chi connectivity index (χ0n) is 11.4. The van der Waals surface area contributed by atoms with Gasteiger partial charge in [-0.2, -0.15) is 27.1 Å². The van der Waals surface area contributed by atoms with Crippen LogP contribution in [0.1, 0.15) is 0 Å². The van der Waals surface area contributed by atoms with E-state index in [1.54, 1.807) is 6.07 Å². The van der Waals surface area contributed by atoms with Crippen molar-refractivity contribution >= 4 is 39.1 Å². The van der Waals surface area contributed by atoms with Gasteiger partial charge >= 0.3 is 12.1 Å². The van der Waals surface area contributed by atoms with Crippen molar-refractivity contribution in [3.8, 4) is 0 Å². The van der Waals surface area contributed by atoms with Gasteiger partial charge in [-0.05, 0) is 28.1 Å². The van der Waals surface area contributed by atoms with Gasteiger partial charge in [-0.3, -0.25) is 15.0 Å². The lowest BCUT2D eigenvalue weighted by atomic mass is 9.94. The van der Waals surface area contributed by atoms with Crippen LogP contribution in [-0.4, -0.2) is 35.7 Å². The number of amides is 2. The Hall–Kier alpha value is -2.04. The van der Waals surface area contributed by atoms with Gasteiger partial charge in [0.1, 0.15) is 17.7 Å². The molecule has 0 bridgehead atoms. The van der Waals surface area contributed by atoms with Gasteiger partial charge in [0, 0.05) is 4.47 Å². The van der Waals surface area contributed by atoms with Gasteiger partial charge in [0.2, 0.25) is 5.91 Å². The van der Waals surface area contributed by atoms with Crippen molar-refractivity contribution in [2.24, 2.45) is 11.0 Å². The number of anilines is 1. The van der Waals surface area contributed by atoms with Crippen LogP contribution in [0.4, 0.5) is 27.6 Å². The lowest BCUT2D eigenvalue weighted by Crippen LogP contribution is -2.49. The van der Waals surface area contributed by atoms with E-state index in [1.165, 1.54) is 18.2 Å². The highest BCUT2D eigenvalue weighted by molar-refractivity contribution is 9.10. The van der Waals surface area contributed by atoms with E-state index in [4.69, 9.17) is 0 Å². The monoisotopic (exact) mass is 411 g/mol. The maximum atomic E-state index is 13.6. The number of halogens is 6. The number of carbonyl (C=O) groups excluding carboxylic acids is 2.